The van der Waals surface area contributed by atoms with Crippen molar-refractivity contribution in [2.24, 2.45) is 7.05 Å². The highest BCUT2D eigenvalue weighted by atomic mass is 15.1. The molecule has 0 saturated carbocycles. The van der Waals surface area contributed by atoms with Gasteiger partial charge in [-0.05, 0) is 6.92 Å². The van der Waals surface area contributed by atoms with Gasteiger partial charge in [-0.1, -0.05) is 0 Å². The summed E-state index contributed by atoms with van der Waals surface area (Å²) in [6.07, 6.45) is 3.32. The zero-order chi connectivity index (χ0) is 7.84. The van der Waals surface area contributed by atoms with Crippen LogP contribution in [-0.2, 0) is 7.05 Å². The standard InChI is InChI=1S/C7H8N4/c1-5-10-6-7(11(5)2)9-4-3-8-6/h3-4H,1-2H3. The predicted molar refractivity (Wildman–Crippen MR) is 41.0 cm³/mol. The number of aryl methyl sites for hydroxylation is 2. The summed E-state index contributed by atoms with van der Waals surface area (Å²) in [7, 11) is 1.93. The van der Waals surface area contributed by atoms with Gasteiger partial charge in [0.1, 0.15) is 5.82 Å². The Morgan fingerprint density at radius 3 is 2.73 bits per heavy atom. The Morgan fingerprint density at radius 1 is 1.27 bits per heavy atom. The smallest absolute Gasteiger partial charge is 0.197 e. The predicted octanol–water partition coefficient (Wildman–Crippen LogP) is 0.672. The molecule has 4 heteroatoms. The van der Waals surface area contributed by atoms with Crippen molar-refractivity contribution in [3.8, 4) is 0 Å². The van der Waals surface area contributed by atoms with E-state index in [1.54, 1.807) is 12.4 Å². The minimum atomic E-state index is 0.715. The minimum Gasteiger partial charge on any atom is -0.315 e. The molecule has 4 nitrogen and oxygen atoms in total. The van der Waals surface area contributed by atoms with Gasteiger partial charge in [-0.25, -0.2) is 15.0 Å². The van der Waals surface area contributed by atoms with Crippen LogP contribution < -0.4 is 0 Å². The Labute approximate surface area is 63.9 Å². The maximum absolute atomic E-state index is 4.20. The van der Waals surface area contributed by atoms with Crippen LogP contribution in [0.3, 0.4) is 0 Å². The molecule has 0 aliphatic carbocycles. The summed E-state index contributed by atoms with van der Waals surface area (Å²) in [5.74, 6) is 0.936. The molecule has 0 unspecified atom stereocenters. The molecule has 0 aliphatic rings. The van der Waals surface area contributed by atoms with Crippen LogP contribution >= 0.6 is 0 Å². The molecule has 0 radical (unpaired) electrons. The Kier molecular flexibility index (Phi) is 1.15. The van der Waals surface area contributed by atoms with Crippen LogP contribution in [-0.4, -0.2) is 19.5 Å². The molecule has 0 spiro atoms. The van der Waals surface area contributed by atoms with E-state index in [4.69, 9.17) is 0 Å². The summed E-state index contributed by atoms with van der Waals surface area (Å²) in [6.45, 7) is 1.93. The molecular weight excluding hydrogens is 140 g/mol. The zero-order valence-electron chi connectivity index (χ0n) is 6.44. The number of aromatic nitrogens is 4. The van der Waals surface area contributed by atoms with E-state index in [0.29, 0.717) is 5.65 Å². The van der Waals surface area contributed by atoms with Crippen LogP contribution in [0.2, 0.25) is 0 Å². The van der Waals surface area contributed by atoms with Gasteiger partial charge in [0.2, 0.25) is 0 Å². The number of nitrogens with zero attached hydrogens (tertiary/aromatic N) is 4. The fourth-order valence-electron chi connectivity index (χ4n) is 1.02. The van der Waals surface area contributed by atoms with E-state index < -0.39 is 0 Å². The van der Waals surface area contributed by atoms with E-state index >= 15 is 0 Å². The van der Waals surface area contributed by atoms with Gasteiger partial charge in [-0.15, -0.1) is 0 Å². The van der Waals surface area contributed by atoms with Crippen molar-refractivity contribution in [2.75, 3.05) is 0 Å². The van der Waals surface area contributed by atoms with Gasteiger partial charge in [0.25, 0.3) is 0 Å². The van der Waals surface area contributed by atoms with Gasteiger partial charge >= 0.3 is 0 Å². The van der Waals surface area contributed by atoms with Crippen LogP contribution in [0.25, 0.3) is 11.3 Å². The summed E-state index contributed by atoms with van der Waals surface area (Å²) in [4.78, 5) is 12.4. The topological polar surface area (TPSA) is 43.6 Å². The molecule has 0 atom stereocenters. The van der Waals surface area contributed by atoms with E-state index in [1.807, 2.05) is 18.5 Å². The lowest BCUT2D eigenvalue weighted by Gasteiger charge is -1.92. The second kappa shape index (κ2) is 2.02. The number of hydrogen-bond acceptors (Lipinski definition) is 3. The van der Waals surface area contributed by atoms with Crippen molar-refractivity contribution in [1.82, 2.24) is 19.5 Å². The van der Waals surface area contributed by atoms with Crippen LogP contribution in [0.15, 0.2) is 12.4 Å². The normalized spacial score (nSPS) is 10.7. The van der Waals surface area contributed by atoms with E-state index in [1.165, 1.54) is 0 Å². The average molecular weight is 148 g/mol. The lowest BCUT2D eigenvalue weighted by molar-refractivity contribution is 0.874. The highest BCUT2D eigenvalue weighted by molar-refractivity contribution is 5.65. The zero-order valence-corrected chi connectivity index (χ0v) is 6.44. The molecule has 0 N–H and O–H groups in total. The molecule has 2 heterocycles. The molecule has 0 saturated heterocycles. The molecule has 0 bridgehead atoms. The summed E-state index contributed by atoms with van der Waals surface area (Å²) >= 11 is 0. The average Bonchev–Trinajstić information content (AvgIpc) is 2.30. The van der Waals surface area contributed by atoms with Crippen molar-refractivity contribution in [3.63, 3.8) is 0 Å². The number of hydrogen-bond donors (Lipinski definition) is 0. The maximum atomic E-state index is 4.20. The summed E-state index contributed by atoms with van der Waals surface area (Å²) in [6, 6.07) is 0. The van der Waals surface area contributed by atoms with Crippen molar-refractivity contribution in [3.05, 3.63) is 18.2 Å². The molecule has 0 fully saturated rings. The monoisotopic (exact) mass is 148 g/mol. The highest BCUT2D eigenvalue weighted by Crippen LogP contribution is 2.06. The Bertz CT molecular complexity index is 390. The Morgan fingerprint density at radius 2 is 2.00 bits per heavy atom. The third kappa shape index (κ3) is 0.790. The van der Waals surface area contributed by atoms with Crippen molar-refractivity contribution in [2.45, 2.75) is 6.92 Å². The summed E-state index contributed by atoms with van der Waals surface area (Å²) < 4.78 is 1.92. The fourth-order valence-corrected chi connectivity index (χ4v) is 1.02. The molecule has 56 valence electrons. The lowest BCUT2D eigenvalue weighted by Crippen LogP contribution is -1.91. The van der Waals surface area contributed by atoms with E-state index in [2.05, 4.69) is 15.0 Å². The second-order valence-corrected chi connectivity index (χ2v) is 2.42. The largest absolute Gasteiger partial charge is 0.315 e. The molecule has 0 aliphatic heterocycles. The first-order chi connectivity index (χ1) is 5.29. The van der Waals surface area contributed by atoms with Gasteiger partial charge in [-0.2, -0.15) is 0 Å². The Hall–Kier alpha value is -1.45. The minimum absolute atomic E-state index is 0.715. The van der Waals surface area contributed by atoms with Gasteiger partial charge in [0.05, 0.1) is 0 Å². The SMILES string of the molecule is Cc1nc2nccnc2n1C. The summed E-state index contributed by atoms with van der Waals surface area (Å²) in [5.41, 5.74) is 1.55. The first-order valence-electron chi connectivity index (χ1n) is 3.39. The number of fused-ring (bicyclic) bond motifs is 1. The van der Waals surface area contributed by atoms with Crippen LogP contribution in [0.4, 0.5) is 0 Å². The molecule has 2 aromatic heterocycles. The lowest BCUT2D eigenvalue weighted by atomic mass is 10.6. The first-order valence-corrected chi connectivity index (χ1v) is 3.39. The maximum Gasteiger partial charge on any atom is 0.197 e. The third-order valence-corrected chi connectivity index (χ3v) is 1.73. The van der Waals surface area contributed by atoms with Gasteiger partial charge in [-0.3, -0.25) is 0 Å². The van der Waals surface area contributed by atoms with Crippen molar-refractivity contribution < 1.29 is 0 Å². The van der Waals surface area contributed by atoms with Gasteiger partial charge in [0, 0.05) is 19.4 Å². The van der Waals surface area contributed by atoms with Crippen LogP contribution in [0, 0.1) is 6.92 Å². The third-order valence-electron chi connectivity index (χ3n) is 1.73. The van der Waals surface area contributed by atoms with Gasteiger partial charge < -0.3 is 4.57 Å². The number of imidazole rings is 1. The highest BCUT2D eigenvalue weighted by Gasteiger charge is 2.03. The Balaban J connectivity index is 2.92. The molecular formula is C7H8N4. The fraction of sp³-hybridized carbons (Fsp3) is 0.286. The van der Waals surface area contributed by atoms with Crippen LogP contribution in [0.5, 0.6) is 0 Å². The van der Waals surface area contributed by atoms with Gasteiger partial charge in [0.15, 0.2) is 11.3 Å². The number of rotatable bonds is 0. The van der Waals surface area contributed by atoms with E-state index in [-0.39, 0.29) is 0 Å². The molecule has 0 amide bonds. The molecule has 0 aromatic carbocycles. The van der Waals surface area contributed by atoms with E-state index in [0.717, 1.165) is 11.5 Å². The quantitative estimate of drug-likeness (QED) is 0.551. The molecule has 11 heavy (non-hydrogen) atoms. The summed E-state index contributed by atoms with van der Waals surface area (Å²) in [5, 5.41) is 0. The second-order valence-electron chi connectivity index (χ2n) is 2.42. The van der Waals surface area contributed by atoms with Crippen LogP contribution in [0.1, 0.15) is 5.82 Å². The van der Waals surface area contributed by atoms with E-state index in [9.17, 15) is 0 Å². The van der Waals surface area contributed by atoms with Crippen molar-refractivity contribution >= 4 is 11.3 Å². The first kappa shape index (κ1) is 6.27. The molecule has 2 rings (SSSR count). The van der Waals surface area contributed by atoms with Crippen molar-refractivity contribution in [1.29, 1.82) is 0 Å². The molecule has 2 aromatic rings.